The highest BCUT2D eigenvalue weighted by atomic mass is 28.4. The zero-order valence-electron chi connectivity index (χ0n) is 16.2. The van der Waals surface area contributed by atoms with Crippen LogP contribution < -0.4 is 0 Å². The number of hydrogen-bond donors (Lipinski definition) is 0. The highest BCUT2D eigenvalue weighted by Gasteiger charge is 2.65. The molecule has 0 amide bonds. The van der Waals surface area contributed by atoms with E-state index in [0.29, 0.717) is 5.78 Å². The Morgan fingerprint density at radius 1 is 1.13 bits per heavy atom. The van der Waals surface area contributed by atoms with E-state index in [-0.39, 0.29) is 40.1 Å². The fourth-order valence-corrected chi connectivity index (χ4v) is 5.83. The molecule has 2 aliphatic carbocycles. The average Bonchev–Trinajstić information content (AvgIpc) is 3.09. The van der Waals surface area contributed by atoms with E-state index in [9.17, 15) is 4.79 Å². The quantitative estimate of drug-likeness (QED) is 0.547. The molecule has 0 N–H and O–H groups in total. The number of ketones is 1. The lowest BCUT2D eigenvalue weighted by Gasteiger charge is -2.55. The van der Waals surface area contributed by atoms with Gasteiger partial charge in [0.1, 0.15) is 6.10 Å². The van der Waals surface area contributed by atoms with Crippen LogP contribution in [0.2, 0.25) is 18.1 Å². The second kappa shape index (κ2) is 4.92. The minimum Gasteiger partial charge on any atom is -0.413 e. The van der Waals surface area contributed by atoms with Gasteiger partial charge in [0.2, 0.25) is 0 Å². The maximum atomic E-state index is 12.8. The lowest BCUT2D eigenvalue weighted by molar-refractivity contribution is -0.144. The number of epoxide rings is 1. The highest BCUT2D eigenvalue weighted by molar-refractivity contribution is 6.74. The predicted molar refractivity (Wildman–Crippen MR) is 95.0 cm³/mol. The van der Waals surface area contributed by atoms with E-state index in [2.05, 4.69) is 54.6 Å². The van der Waals surface area contributed by atoms with Crippen molar-refractivity contribution >= 4 is 14.1 Å². The van der Waals surface area contributed by atoms with Gasteiger partial charge >= 0.3 is 0 Å². The van der Waals surface area contributed by atoms with E-state index in [4.69, 9.17) is 9.16 Å². The molecule has 0 aromatic heterocycles. The van der Waals surface area contributed by atoms with Crippen molar-refractivity contribution in [3.8, 4) is 0 Å². The molecule has 3 nitrogen and oxygen atoms in total. The Morgan fingerprint density at radius 3 is 2.30 bits per heavy atom. The summed E-state index contributed by atoms with van der Waals surface area (Å²) in [5.41, 5.74) is 0.106. The topological polar surface area (TPSA) is 38.8 Å². The monoisotopic (exact) mass is 338 g/mol. The number of Topliss-reactive ketones (excluding diaryl/α,β-unsaturated/α-hetero) is 1. The van der Waals surface area contributed by atoms with Crippen LogP contribution in [0, 0.1) is 16.7 Å². The van der Waals surface area contributed by atoms with Gasteiger partial charge in [-0.3, -0.25) is 4.79 Å². The molecule has 1 saturated heterocycles. The van der Waals surface area contributed by atoms with Gasteiger partial charge in [-0.1, -0.05) is 41.5 Å². The summed E-state index contributed by atoms with van der Waals surface area (Å²) < 4.78 is 12.6. The maximum absolute atomic E-state index is 12.8. The number of hydrogen-bond acceptors (Lipinski definition) is 3. The second-order valence-corrected chi connectivity index (χ2v) is 15.5. The van der Waals surface area contributed by atoms with E-state index in [1.54, 1.807) is 0 Å². The van der Waals surface area contributed by atoms with E-state index < -0.39 is 8.32 Å². The molecule has 3 aliphatic rings. The predicted octanol–water partition coefficient (Wildman–Crippen LogP) is 4.56. The molecule has 0 bridgehead atoms. The normalized spacial score (nSPS) is 42.9. The fourth-order valence-electron chi connectivity index (χ4n) is 4.42. The molecule has 5 atom stereocenters. The molecule has 23 heavy (non-hydrogen) atoms. The minimum absolute atomic E-state index is 0.0558. The van der Waals surface area contributed by atoms with Crippen molar-refractivity contribution < 1.29 is 14.0 Å². The molecule has 2 saturated carbocycles. The van der Waals surface area contributed by atoms with Gasteiger partial charge in [-0.15, -0.1) is 0 Å². The van der Waals surface area contributed by atoms with Gasteiger partial charge in [-0.25, -0.2) is 0 Å². The molecule has 0 spiro atoms. The Bertz CT molecular complexity index is 519. The first-order valence-corrected chi connectivity index (χ1v) is 12.0. The number of carbonyl (C=O) groups excluding carboxylic acids is 1. The molecule has 0 radical (unpaired) electrons. The molecule has 1 heterocycles. The first-order valence-electron chi connectivity index (χ1n) is 9.14. The molecule has 132 valence electrons. The lowest BCUT2D eigenvalue weighted by Crippen LogP contribution is -2.59. The first kappa shape index (κ1) is 17.6. The van der Waals surface area contributed by atoms with Gasteiger partial charge in [0.05, 0.1) is 12.2 Å². The lowest BCUT2D eigenvalue weighted by atomic mass is 9.53. The van der Waals surface area contributed by atoms with Gasteiger partial charge in [0.15, 0.2) is 14.1 Å². The number of ether oxygens (including phenoxy) is 1. The van der Waals surface area contributed by atoms with Crippen molar-refractivity contribution in [2.45, 2.75) is 97.2 Å². The number of fused-ring (bicyclic) bond motifs is 2. The highest BCUT2D eigenvalue weighted by Crippen LogP contribution is 2.59. The molecule has 3 fully saturated rings. The summed E-state index contributed by atoms with van der Waals surface area (Å²) in [6.45, 7) is 18.4. The SMILES string of the molecule is CC1(C)C[C@H](O[Si](C)(C)C(C)(C)C)[C@@]2(C)C[C@H]3O[C@H]3C(=O)[C@@H]2C1. The van der Waals surface area contributed by atoms with Crippen LogP contribution >= 0.6 is 0 Å². The minimum atomic E-state index is -1.86. The summed E-state index contributed by atoms with van der Waals surface area (Å²) in [7, 11) is -1.86. The van der Waals surface area contributed by atoms with Crippen molar-refractivity contribution in [1.82, 2.24) is 0 Å². The zero-order chi connectivity index (χ0) is 17.4. The third-order valence-corrected chi connectivity index (χ3v) is 11.6. The Hall–Kier alpha value is -0.193. The van der Waals surface area contributed by atoms with Crippen LogP contribution in [-0.4, -0.2) is 32.4 Å². The molecule has 0 aromatic carbocycles. The van der Waals surface area contributed by atoms with Crippen molar-refractivity contribution in [2.75, 3.05) is 0 Å². The van der Waals surface area contributed by atoms with Crippen molar-refractivity contribution in [2.24, 2.45) is 16.7 Å². The maximum Gasteiger partial charge on any atom is 0.192 e. The average molecular weight is 339 g/mol. The largest absolute Gasteiger partial charge is 0.413 e. The summed E-state index contributed by atoms with van der Waals surface area (Å²) in [5.74, 6) is 0.449. The summed E-state index contributed by atoms with van der Waals surface area (Å²) in [6, 6.07) is 0. The van der Waals surface area contributed by atoms with Crippen LogP contribution in [0.25, 0.3) is 0 Å². The van der Waals surface area contributed by atoms with Gasteiger partial charge in [-0.05, 0) is 42.8 Å². The van der Waals surface area contributed by atoms with E-state index >= 15 is 0 Å². The zero-order valence-corrected chi connectivity index (χ0v) is 17.2. The summed E-state index contributed by atoms with van der Waals surface area (Å²) in [4.78, 5) is 12.8. The van der Waals surface area contributed by atoms with Gasteiger partial charge in [-0.2, -0.15) is 0 Å². The Labute approximate surface area is 142 Å². The van der Waals surface area contributed by atoms with Crippen molar-refractivity contribution in [3.05, 3.63) is 0 Å². The molecule has 4 heteroatoms. The van der Waals surface area contributed by atoms with Crippen LogP contribution in [0.3, 0.4) is 0 Å². The molecular weight excluding hydrogens is 304 g/mol. The second-order valence-electron chi connectivity index (χ2n) is 10.7. The summed E-state index contributed by atoms with van der Waals surface area (Å²) in [6.07, 6.45) is 3.25. The fraction of sp³-hybridized carbons (Fsp3) is 0.947. The van der Waals surface area contributed by atoms with Gasteiger partial charge in [0, 0.05) is 11.3 Å². The number of carbonyl (C=O) groups is 1. The Balaban J connectivity index is 1.92. The van der Waals surface area contributed by atoms with Crippen molar-refractivity contribution in [1.29, 1.82) is 0 Å². The Morgan fingerprint density at radius 2 is 1.74 bits per heavy atom. The van der Waals surface area contributed by atoms with E-state index in [0.717, 1.165) is 19.3 Å². The molecule has 1 aliphatic heterocycles. The van der Waals surface area contributed by atoms with Crippen LogP contribution in [0.5, 0.6) is 0 Å². The standard InChI is InChI=1S/C19H34O3Si/c1-17(2,3)23(7,8)22-14-11-18(4,5)9-12-15(20)16-13(21-16)10-19(12,14)6/h12-14,16H,9-11H2,1-8H3/t12-,13+,14-,16+,19-/m0/s1. The summed E-state index contributed by atoms with van der Waals surface area (Å²) in [5, 5.41) is 0.192. The van der Waals surface area contributed by atoms with E-state index in [1.165, 1.54) is 0 Å². The molecular formula is C19H34O3Si. The van der Waals surface area contributed by atoms with E-state index in [1.807, 2.05) is 0 Å². The third-order valence-electron chi connectivity index (χ3n) is 7.12. The third kappa shape index (κ3) is 2.85. The van der Waals surface area contributed by atoms with Crippen LogP contribution in [0.4, 0.5) is 0 Å². The summed E-state index contributed by atoms with van der Waals surface area (Å²) >= 11 is 0. The smallest absolute Gasteiger partial charge is 0.192 e. The molecule has 0 unspecified atom stereocenters. The number of rotatable bonds is 2. The molecule has 0 aromatic rings. The Kier molecular flexibility index (Phi) is 3.77. The van der Waals surface area contributed by atoms with Gasteiger partial charge < -0.3 is 9.16 Å². The van der Waals surface area contributed by atoms with Crippen LogP contribution in [-0.2, 0) is 14.0 Å². The van der Waals surface area contributed by atoms with Gasteiger partial charge in [0.25, 0.3) is 0 Å². The molecule has 3 rings (SSSR count). The van der Waals surface area contributed by atoms with Crippen LogP contribution in [0.15, 0.2) is 0 Å². The first-order chi connectivity index (χ1) is 10.3. The van der Waals surface area contributed by atoms with Crippen molar-refractivity contribution in [3.63, 3.8) is 0 Å². The van der Waals surface area contributed by atoms with Crippen LogP contribution in [0.1, 0.15) is 60.8 Å².